The highest BCUT2D eigenvalue weighted by Gasteiger charge is 2.25. The van der Waals surface area contributed by atoms with Crippen LogP contribution in [0.3, 0.4) is 0 Å². The molecule has 0 bridgehead atoms. The molecule has 20 heteroatoms. The maximum absolute atomic E-state index is 4.73. The van der Waals surface area contributed by atoms with Gasteiger partial charge in [-0.3, -0.25) is 0 Å². The highest BCUT2D eigenvalue weighted by Crippen LogP contribution is 2.11. The van der Waals surface area contributed by atoms with Crippen molar-refractivity contribution < 1.29 is 28.1 Å². The molecule has 0 saturated carbocycles. The second kappa shape index (κ2) is 5.73. The van der Waals surface area contributed by atoms with Crippen LogP contribution in [0.2, 0.25) is 0 Å². The quantitative estimate of drug-likeness (QED) is 0.201. The van der Waals surface area contributed by atoms with Crippen LogP contribution in [-0.4, -0.2) is 58.1 Å². The predicted octanol–water partition coefficient (Wildman–Crippen LogP) is -3.74. The van der Waals surface area contributed by atoms with Gasteiger partial charge >= 0.3 is 11.6 Å². The van der Waals surface area contributed by atoms with Crippen molar-refractivity contribution in [1.29, 1.82) is 0 Å². The zero-order valence-electron chi connectivity index (χ0n) is 13.6. The number of rotatable bonds is 6. The van der Waals surface area contributed by atoms with Gasteiger partial charge in [0.1, 0.15) is 11.3 Å². The molecule has 6 rings (SSSR count). The summed E-state index contributed by atoms with van der Waals surface area (Å²) in [5.41, 5.74) is 0.825. The van der Waals surface area contributed by atoms with Gasteiger partial charge in [-0.15, -0.1) is 18.9 Å². The molecule has 0 aliphatic rings. The summed E-state index contributed by atoms with van der Waals surface area (Å²) in [6.45, 7) is 0.111. The number of hydrogen-bond donors (Lipinski definition) is 2. The standard InChI is InChI=1S/C9H4N16O4/c1(10-6-8(22-28-20-6)24-12-2-3(13-24)17-26-16-2)11-7-9(23-29-21-7)25-14-4-5(15-25)19-27-18-4/h1H2,(H,10,20)(H,11,21). The van der Waals surface area contributed by atoms with Gasteiger partial charge in [-0.25, -0.2) is 0 Å². The fourth-order valence-corrected chi connectivity index (χ4v) is 2.27. The van der Waals surface area contributed by atoms with Gasteiger partial charge < -0.3 is 19.9 Å². The summed E-state index contributed by atoms with van der Waals surface area (Å²) >= 11 is 0. The highest BCUT2D eigenvalue weighted by atomic mass is 16.6. The van der Waals surface area contributed by atoms with Crippen molar-refractivity contribution in [1.82, 2.24) is 61.6 Å². The molecule has 6 heterocycles. The van der Waals surface area contributed by atoms with Crippen LogP contribution in [0.1, 0.15) is 0 Å². The highest BCUT2D eigenvalue weighted by molar-refractivity contribution is 5.60. The molecule has 29 heavy (non-hydrogen) atoms. The van der Waals surface area contributed by atoms with Gasteiger partial charge in [0.15, 0.2) is 21.6 Å². The SMILES string of the molecule is C(Nc1nonc1-[n+]1nc2nonc2[n-]1)Nc1nonc1-[n+]1nc2nonc2[n-]1. The molecule has 0 aliphatic carbocycles. The molecule has 6 aromatic heterocycles. The van der Waals surface area contributed by atoms with E-state index in [4.69, 9.17) is 9.26 Å². The van der Waals surface area contributed by atoms with Gasteiger partial charge in [0.2, 0.25) is 0 Å². The third-order valence-corrected chi connectivity index (χ3v) is 3.50. The largest absolute Gasteiger partial charge is 0.441 e. The first kappa shape index (κ1) is 15.1. The Morgan fingerprint density at radius 2 is 1.10 bits per heavy atom. The van der Waals surface area contributed by atoms with Crippen LogP contribution in [0, 0.1) is 0 Å². The molecule has 20 nitrogen and oxygen atoms in total. The van der Waals surface area contributed by atoms with Crippen molar-refractivity contribution in [2.24, 2.45) is 0 Å². The Morgan fingerprint density at radius 3 is 1.59 bits per heavy atom. The van der Waals surface area contributed by atoms with E-state index in [0.717, 1.165) is 9.59 Å². The second-order valence-electron chi connectivity index (χ2n) is 5.20. The lowest BCUT2D eigenvalue weighted by molar-refractivity contribution is -0.719. The Balaban J connectivity index is 1.19. The number of anilines is 2. The van der Waals surface area contributed by atoms with E-state index in [2.05, 4.69) is 81.5 Å². The molecule has 2 N–H and O–H groups in total. The fourth-order valence-electron chi connectivity index (χ4n) is 2.27. The summed E-state index contributed by atoms with van der Waals surface area (Å²) in [5.74, 6) is 0.823. The summed E-state index contributed by atoms with van der Waals surface area (Å²) < 4.78 is 18.5. The third-order valence-electron chi connectivity index (χ3n) is 3.50. The maximum Gasteiger partial charge on any atom is 0.441 e. The van der Waals surface area contributed by atoms with Crippen molar-refractivity contribution in [3.63, 3.8) is 0 Å². The van der Waals surface area contributed by atoms with Gasteiger partial charge in [0.25, 0.3) is 11.6 Å². The van der Waals surface area contributed by atoms with Gasteiger partial charge in [-0.05, 0) is 0 Å². The average Bonchev–Trinajstić information content (AvgIpc) is 3.48. The summed E-state index contributed by atoms with van der Waals surface area (Å²) in [5, 5.41) is 51.3. The van der Waals surface area contributed by atoms with E-state index in [-0.39, 0.29) is 52.5 Å². The average molecular weight is 400 g/mol. The van der Waals surface area contributed by atoms with Crippen molar-refractivity contribution >= 4 is 34.2 Å². The first-order valence-corrected chi connectivity index (χ1v) is 7.60. The zero-order chi connectivity index (χ0) is 19.2. The lowest BCUT2D eigenvalue weighted by Crippen LogP contribution is -2.40. The van der Waals surface area contributed by atoms with Crippen molar-refractivity contribution in [2.45, 2.75) is 0 Å². The van der Waals surface area contributed by atoms with E-state index in [1.165, 1.54) is 0 Å². The monoisotopic (exact) mass is 400 g/mol. The third kappa shape index (κ3) is 2.39. The van der Waals surface area contributed by atoms with Crippen LogP contribution in [0.5, 0.6) is 0 Å². The molecular formula is C9H4N16O4. The number of nitrogens with zero attached hydrogens (tertiary/aromatic N) is 14. The van der Waals surface area contributed by atoms with E-state index >= 15 is 0 Å². The number of hydrogen-bond acceptors (Lipinski definition) is 16. The van der Waals surface area contributed by atoms with Gasteiger partial charge in [0.05, 0.1) is 6.67 Å². The molecule has 0 aromatic carbocycles. The van der Waals surface area contributed by atoms with E-state index in [1.54, 1.807) is 0 Å². The smallest absolute Gasteiger partial charge is 0.343 e. The zero-order valence-corrected chi connectivity index (χ0v) is 13.6. The summed E-state index contributed by atoms with van der Waals surface area (Å²) in [4.78, 5) is 2.29. The van der Waals surface area contributed by atoms with Crippen molar-refractivity contribution in [3.8, 4) is 11.6 Å². The van der Waals surface area contributed by atoms with Crippen molar-refractivity contribution in [2.75, 3.05) is 17.3 Å². The molecule has 144 valence electrons. The molecule has 0 fully saturated rings. The predicted molar refractivity (Wildman–Crippen MR) is 76.7 cm³/mol. The maximum atomic E-state index is 4.73. The number of fused-ring (bicyclic) bond motifs is 2. The van der Waals surface area contributed by atoms with Crippen LogP contribution in [0.25, 0.3) is 34.2 Å². The topological polar surface area (TPSA) is 241 Å². The van der Waals surface area contributed by atoms with Gasteiger partial charge in [-0.2, -0.15) is 30.7 Å². The Morgan fingerprint density at radius 1 is 0.621 bits per heavy atom. The fraction of sp³-hybridized carbons (Fsp3) is 0.111. The minimum absolute atomic E-state index is 0.111. The molecule has 0 atom stereocenters. The van der Waals surface area contributed by atoms with Crippen LogP contribution < -0.4 is 30.4 Å². The van der Waals surface area contributed by atoms with Crippen LogP contribution >= 0.6 is 0 Å². The molecule has 0 radical (unpaired) electrons. The second-order valence-corrected chi connectivity index (χ2v) is 5.20. The molecule has 6 aromatic rings. The van der Waals surface area contributed by atoms with Crippen LogP contribution in [0.4, 0.5) is 11.6 Å². The molecule has 0 unspecified atom stereocenters. The van der Waals surface area contributed by atoms with Gasteiger partial charge in [-0.1, -0.05) is 10.3 Å². The van der Waals surface area contributed by atoms with E-state index in [9.17, 15) is 0 Å². The van der Waals surface area contributed by atoms with E-state index in [0.29, 0.717) is 0 Å². The lowest BCUT2D eigenvalue weighted by atomic mass is 10.6. The normalized spacial score (nSPS) is 11.6. The summed E-state index contributed by atoms with van der Waals surface area (Å²) in [7, 11) is 0. The summed E-state index contributed by atoms with van der Waals surface area (Å²) in [6.07, 6.45) is 0. The molecule has 0 aliphatic heterocycles. The van der Waals surface area contributed by atoms with Crippen LogP contribution in [-0.2, 0) is 0 Å². The lowest BCUT2D eigenvalue weighted by Gasteiger charge is -2.01. The Bertz CT molecular complexity index is 1250. The minimum Gasteiger partial charge on any atom is -0.343 e. The van der Waals surface area contributed by atoms with Gasteiger partial charge in [0, 0.05) is 10.3 Å². The molecular weight excluding hydrogens is 396 g/mol. The van der Waals surface area contributed by atoms with E-state index in [1.807, 2.05) is 0 Å². The minimum atomic E-state index is 0.111. The van der Waals surface area contributed by atoms with E-state index < -0.39 is 0 Å². The van der Waals surface area contributed by atoms with Crippen LogP contribution in [0.15, 0.2) is 18.5 Å². The number of nitrogens with one attached hydrogen (secondary N) is 2. The Kier molecular flexibility index (Phi) is 2.98. The summed E-state index contributed by atoms with van der Waals surface area (Å²) in [6, 6.07) is 0. The molecule has 0 spiro atoms. The number of aromatic nitrogens is 14. The first-order valence-electron chi connectivity index (χ1n) is 7.60. The first-order chi connectivity index (χ1) is 14.3. The Labute approximate surface area is 154 Å². The Hall–Kier alpha value is -5.04. The molecule has 0 amide bonds. The molecule has 0 saturated heterocycles. The van der Waals surface area contributed by atoms with Crippen molar-refractivity contribution in [3.05, 3.63) is 0 Å².